The molecule has 1 heterocycles. The fourth-order valence-electron chi connectivity index (χ4n) is 3.81. The Hall–Kier alpha value is -4.06. The van der Waals surface area contributed by atoms with E-state index in [1.54, 1.807) is 24.3 Å². The van der Waals surface area contributed by atoms with Crippen LogP contribution >= 0.6 is 0 Å². The molecule has 9 heteroatoms. The first-order chi connectivity index (χ1) is 14.7. The van der Waals surface area contributed by atoms with E-state index < -0.39 is 29.9 Å². The Bertz CT molecular complexity index is 1260. The number of carboxylic acids is 1. The van der Waals surface area contributed by atoms with Gasteiger partial charge in [0, 0.05) is 16.9 Å². The van der Waals surface area contributed by atoms with E-state index in [1.165, 1.54) is 18.2 Å². The zero-order chi connectivity index (χ0) is 22.3. The van der Waals surface area contributed by atoms with E-state index in [0.29, 0.717) is 16.3 Å². The van der Waals surface area contributed by atoms with Crippen molar-refractivity contribution in [2.24, 2.45) is 5.92 Å². The number of carbonyl (C=O) groups is 1. The predicted molar refractivity (Wildman–Crippen MR) is 103 cm³/mol. The molecule has 0 aliphatic carbocycles. The molecular formula is C22H13F3N2O4. The van der Waals surface area contributed by atoms with Crippen LogP contribution in [-0.4, -0.2) is 23.3 Å². The molecule has 31 heavy (non-hydrogen) atoms. The maximum Gasteiger partial charge on any atom is 0.573 e. The molecule has 3 aromatic carbocycles. The quantitative estimate of drug-likeness (QED) is 0.608. The first-order valence-electron chi connectivity index (χ1n) is 9.00. The third-order valence-electron chi connectivity index (χ3n) is 5.01. The van der Waals surface area contributed by atoms with Crippen LogP contribution in [0.2, 0.25) is 0 Å². The number of benzene rings is 3. The standard InChI is InChI=1S/C22H13F3N2O4/c23-22(24,25)31-12-5-3-4-11(8-12)18-16-9-15(21(28)29)13-6-1-2-7-14(13)19(16)30-20(27)17(18)10-26/h1-9,17-18,27H,(H,28,29). The van der Waals surface area contributed by atoms with Gasteiger partial charge in [-0.3, -0.25) is 5.41 Å². The average molecular weight is 426 g/mol. The van der Waals surface area contributed by atoms with Gasteiger partial charge in [0.25, 0.3) is 0 Å². The van der Waals surface area contributed by atoms with E-state index in [-0.39, 0.29) is 22.8 Å². The van der Waals surface area contributed by atoms with Gasteiger partial charge in [-0.1, -0.05) is 36.4 Å². The van der Waals surface area contributed by atoms with Crippen molar-refractivity contribution in [3.63, 3.8) is 0 Å². The minimum absolute atomic E-state index is 0.0456. The molecule has 1 aliphatic rings. The van der Waals surface area contributed by atoms with Crippen LogP contribution in [0.1, 0.15) is 27.4 Å². The van der Waals surface area contributed by atoms with Crippen LogP contribution in [-0.2, 0) is 0 Å². The molecule has 0 aromatic heterocycles. The summed E-state index contributed by atoms with van der Waals surface area (Å²) in [5.41, 5.74) is 0.507. The summed E-state index contributed by atoms with van der Waals surface area (Å²) in [7, 11) is 0. The Kier molecular flexibility index (Phi) is 4.78. The molecule has 2 N–H and O–H groups in total. The van der Waals surface area contributed by atoms with Gasteiger partial charge < -0.3 is 14.6 Å². The van der Waals surface area contributed by atoms with Crippen LogP contribution in [0.15, 0.2) is 54.6 Å². The maximum atomic E-state index is 12.7. The van der Waals surface area contributed by atoms with Crippen molar-refractivity contribution in [1.29, 1.82) is 10.7 Å². The SMILES string of the molecule is N#CC1C(=N)Oc2c(cc(C(=O)O)c3ccccc23)C1c1cccc(OC(F)(F)F)c1. The lowest BCUT2D eigenvalue weighted by atomic mass is 9.77. The number of alkyl halides is 3. The van der Waals surface area contributed by atoms with E-state index in [2.05, 4.69) is 4.74 Å². The normalized spacial score (nSPS) is 18.1. The van der Waals surface area contributed by atoms with Gasteiger partial charge in [0.2, 0.25) is 5.90 Å². The lowest BCUT2D eigenvalue weighted by Crippen LogP contribution is -2.31. The molecule has 0 spiro atoms. The smallest absolute Gasteiger partial charge is 0.478 e. The molecule has 1 aliphatic heterocycles. The van der Waals surface area contributed by atoms with Crippen LogP contribution in [0.5, 0.6) is 11.5 Å². The Balaban J connectivity index is 1.98. The average Bonchev–Trinajstić information content (AvgIpc) is 2.71. The summed E-state index contributed by atoms with van der Waals surface area (Å²) in [4.78, 5) is 11.9. The molecule has 156 valence electrons. The minimum Gasteiger partial charge on any atom is -0.478 e. The lowest BCUT2D eigenvalue weighted by molar-refractivity contribution is -0.274. The van der Waals surface area contributed by atoms with Gasteiger partial charge in [-0.05, 0) is 29.1 Å². The van der Waals surface area contributed by atoms with Crippen LogP contribution in [0, 0.1) is 22.7 Å². The van der Waals surface area contributed by atoms with Gasteiger partial charge in [0.15, 0.2) is 0 Å². The largest absolute Gasteiger partial charge is 0.573 e. The number of carboxylic acid groups (broad SMARTS) is 1. The highest BCUT2D eigenvalue weighted by Gasteiger charge is 2.39. The molecule has 0 bridgehead atoms. The monoisotopic (exact) mass is 426 g/mol. The number of aromatic carboxylic acids is 1. The Labute approximate surface area is 173 Å². The molecule has 2 atom stereocenters. The van der Waals surface area contributed by atoms with E-state index >= 15 is 0 Å². The molecule has 3 aromatic rings. The van der Waals surface area contributed by atoms with Gasteiger partial charge in [0.05, 0.1) is 11.6 Å². The molecule has 6 nitrogen and oxygen atoms in total. The Morgan fingerprint density at radius 2 is 1.84 bits per heavy atom. The molecule has 4 rings (SSSR count). The minimum atomic E-state index is -4.90. The summed E-state index contributed by atoms with van der Waals surface area (Å²) in [6.45, 7) is 0. The molecule has 0 amide bonds. The second kappa shape index (κ2) is 7.32. The number of fused-ring (bicyclic) bond motifs is 3. The highest BCUT2D eigenvalue weighted by Crippen LogP contribution is 2.47. The van der Waals surface area contributed by atoms with Crippen molar-refractivity contribution >= 4 is 22.6 Å². The third-order valence-corrected chi connectivity index (χ3v) is 5.01. The zero-order valence-electron chi connectivity index (χ0n) is 15.6. The third kappa shape index (κ3) is 3.64. The van der Waals surface area contributed by atoms with E-state index in [0.717, 1.165) is 12.1 Å². The van der Waals surface area contributed by atoms with E-state index in [1.807, 2.05) is 6.07 Å². The van der Waals surface area contributed by atoms with Gasteiger partial charge >= 0.3 is 12.3 Å². The summed E-state index contributed by atoms with van der Waals surface area (Å²) in [5, 5.41) is 28.4. The molecule has 0 saturated heterocycles. The van der Waals surface area contributed by atoms with Crippen LogP contribution in [0.3, 0.4) is 0 Å². The second-order valence-electron chi connectivity index (χ2n) is 6.86. The number of nitriles is 1. The van der Waals surface area contributed by atoms with E-state index in [9.17, 15) is 28.3 Å². The first-order valence-corrected chi connectivity index (χ1v) is 9.00. The highest BCUT2D eigenvalue weighted by atomic mass is 19.4. The zero-order valence-corrected chi connectivity index (χ0v) is 15.6. The number of nitrogens with zero attached hydrogens (tertiary/aromatic N) is 1. The summed E-state index contributed by atoms with van der Waals surface area (Å²) in [5.74, 6) is -3.97. The number of nitrogens with one attached hydrogen (secondary N) is 1. The fraction of sp³-hybridized carbons (Fsp3) is 0.136. The van der Waals surface area contributed by atoms with Gasteiger partial charge in [-0.25, -0.2) is 4.79 Å². The first kappa shape index (κ1) is 20.2. The maximum absolute atomic E-state index is 12.7. The van der Waals surface area contributed by atoms with Crippen molar-refractivity contribution < 1.29 is 32.5 Å². The number of halogens is 3. The Morgan fingerprint density at radius 3 is 2.48 bits per heavy atom. The van der Waals surface area contributed by atoms with Gasteiger partial charge in [-0.2, -0.15) is 5.26 Å². The molecule has 0 radical (unpaired) electrons. The van der Waals surface area contributed by atoms with Crippen molar-refractivity contribution in [1.82, 2.24) is 0 Å². The predicted octanol–water partition coefficient (Wildman–Crippen LogP) is 5.08. The fourth-order valence-corrected chi connectivity index (χ4v) is 3.81. The summed E-state index contributed by atoms with van der Waals surface area (Å²) >= 11 is 0. The highest BCUT2D eigenvalue weighted by molar-refractivity contribution is 6.07. The van der Waals surface area contributed by atoms with E-state index in [4.69, 9.17) is 10.1 Å². The molecule has 2 unspecified atom stereocenters. The number of rotatable bonds is 3. The van der Waals surface area contributed by atoms with Crippen LogP contribution < -0.4 is 9.47 Å². The van der Waals surface area contributed by atoms with Crippen molar-refractivity contribution in [2.45, 2.75) is 12.3 Å². The molecule has 0 saturated carbocycles. The second-order valence-corrected chi connectivity index (χ2v) is 6.86. The number of ether oxygens (including phenoxy) is 2. The van der Waals surface area contributed by atoms with Crippen molar-refractivity contribution in [2.75, 3.05) is 0 Å². The van der Waals surface area contributed by atoms with Gasteiger partial charge in [0.1, 0.15) is 17.4 Å². The van der Waals surface area contributed by atoms with Crippen molar-refractivity contribution in [3.05, 3.63) is 71.3 Å². The number of hydrogen-bond acceptors (Lipinski definition) is 5. The molecular weight excluding hydrogens is 413 g/mol. The molecule has 0 fully saturated rings. The summed E-state index contributed by atoms with van der Waals surface area (Å²) in [6.07, 6.45) is -4.90. The number of hydrogen-bond donors (Lipinski definition) is 2. The van der Waals surface area contributed by atoms with Gasteiger partial charge in [-0.15, -0.1) is 13.2 Å². The Morgan fingerprint density at radius 1 is 1.13 bits per heavy atom. The van der Waals surface area contributed by atoms with Crippen LogP contribution in [0.4, 0.5) is 13.2 Å². The summed E-state index contributed by atoms with van der Waals surface area (Å²) in [6, 6.07) is 14.9. The van der Waals surface area contributed by atoms with Crippen LogP contribution in [0.25, 0.3) is 10.8 Å². The topological polar surface area (TPSA) is 103 Å². The van der Waals surface area contributed by atoms with Crippen molar-refractivity contribution in [3.8, 4) is 17.6 Å². The summed E-state index contributed by atoms with van der Waals surface area (Å²) < 4.78 is 47.6. The lowest BCUT2D eigenvalue weighted by Gasteiger charge is -2.31.